The molecule has 0 amide bonds. The summed E-state index contributed by atoms with van der Waals surface area (Å²) in [5.74, 6) is -0.943. The number of rotatable bonds is 2. The van der Waals surface area contributed by atoms with Crippen LogP contribution in [0.5, 0.6) is 0 Å². The van der Waals surface area contributed by atoms with E-state index in [1.165, 1.54) is 6.07 Å². The predicted molar refractivity (Wildman–Crippen MR) is 72.7 cm³/mol. The van der Waals surface area contributed by atoms with Crippen LogP contribution in [0.3, 0.4) is 0 Å². The van der Waals surface area contributed by atoms with E-state index in [9.17, 15) is 4.79 Å². The van der Waals surface area contributed by atoms with Crippen LogP contribution >= 0.6 is 0 Å². The molecule has 0 aliphatic heterocycles. The van der Waals surface area contributed by atoms with E-state index in [-0.39, 0.29) is 5.56 Å². The minimum Gasteiger partial charge on any atom is -0.478 e. The lowest BCUT2D eigenvalue weighted by Crippen LogP contribution is -1.99. The van der Waals surface area contributed by atoms with E-state index in [0.29, 0.717) is 5.69 Å². The van der Waals surface area contributed by atoms with E-state index in [1.807, 2.05) is 32.0 Å². The number of aromatic carboxylic acids is 1. The summed E-state index contributed by atoms with van der Waals surface area (Å²) >= 11 is 0. The van der Waals surface area contributed by atoms with Gasteiger partial charge in [0.15, 0.2) is 0 Å². The highest BCUT2D eigenvalue weighted by atomic mass is 16.4. The molecule has 3 heteroatoms. The number of carboxylic acids is 1. The molecule has 18 heavy (non-hydrogen) atoms. The van der Waals surface area contributed by atoms with Gasteiger partial charge < -0.3 is 10.8 Å². The number of nitrogen functional groups attached to an aromatic ring is 1. The van der Waals surface area contributed by atoms with Gasteiger partial charge in [0.1, 0.15) is 0 Å². The van der Waals surface area contributed by atoms with Gasteiger partial charge in [-0.05, 0) is 48.7 Å². The largest absolute Gasteiger partial charge is 0.478 e. The second-order valence-corrected chi connectivity index (χ2v) is 4.35. The molecule has 0 saturated carbocycles. The van der Waals surface area contributed by atoms with Crippen molar-refractivity contribution in [1.82, 2.24) is 0 Å². The fraction of sp³-hybridized carbons (Fsp3) is 0.133. The Balaban J connectivity index is 2.66. The van der Waals surface area contributed by atoms with Crippen LogP contribution in [0, 0.1) is 13.8 Å². The summed E-state index contributed by atoms with van der Waals surface area (Å²) in [7, 11) is 0. The molecule has 2 rings (SSSR count). The van der Waals surface area contributed by atoms with E-state index in [2.05, 4.69) is 0 Å². The minimum atomic E-state index is -0.943. The number of aryl methyl sites for hydroxylation is 1. The van der Waals surface area contributed by atoms with Crippen LogP contribution in [0.25, 0.3) is 11.1 Å². The number of anilines is 1. The standard InChI is InChI=1S/C15H15NO2/c1-9-4-3-5-12(10(9)2)13-8-11(15(17)18)6-7-14(13)16/h3-8H,16H2,1-2H3,(H,17,18). The molecular formula is C15H15NO2. The lowest BCUT2D eigenvalue weighted by atomic mass is 9.95. The van der Waals surface area contributed by atoms with Gasteiger partial charge >= 0.3 is 5.97 Å². The van der Waals surface area contributed by atoms with Crippen molar-refractivity contribution in [1.29, 1.82) is 0 Å². The Hall–Kier alpha value is -2.29. The molecule has 0 spiro atoms. The topological polar surface area (TPSA) is 63.3 Å². The van der Waals surface area contributed by atoms with Gasteiger partial charge in [-0.15, -0.1) is 0 Å². The molecule has 3 N–H and O–H groups in total. The normalized spacial score (nSPS) is 10.3. The summed E-state index contributed by atoms with van der Waals surface area (Å²) in [5.41, 5.74) is 10.8. The molecule has 2 aromatic rings. The lowest BCUT2D eigenvalue weighted by Gasteiger charge is -2.12. The van der Waals surface area contributed by atoms with Gasteiger partial charge in [0, 0.05) is 11.3 Å². The van der Waals surface area contributed by atoms with Crippen molar-refractivity contribution < 1.29 is 9.90 Å². The first-order valence-electron chi connectivity index (χ1n) is 5.70. The first-order chi connectivity index (χ1) is 8.50. The molecule has 0 aliphatic carbocycles. The van der Waals surface area contributed by atoms with Crippen molar-refractivity contribution in [2.45, 2.75) is 13.8 Å². The SMILES string of the molecule is Cc1cccc(-c2cc(C(=O)O)ccc2N)c1C. The van der Waals surface area contributed by atoms with Crippen molar-refractivity contribution >= 4 is 11.7 Å². The minimum absolute atomic E-state index is 0.250. The second-order valence-electron chi connectivity index (χ2n) is 4.35. The Bertz CT molecular complexity index is 618. The summed E-state index contributed by atoms with van der Waals surface area (Å²) in [6.45, 7) is 4.04. The summed E-state index contributed by atoms with van der Waals surface area (Å²) in [4.78, 5) is 11.0. The molecule has 0 radical (unpaired) electrons. The summed E-state index contributed by atoms with van der Waals surface area (Å²) in [5, 5.41) is 9.03. The van der Waals surface area contributed by atoms with E-state index < -0.39 is 5.97 Å². The van der Waals surface area contributed by atoms with Crippen LogP contribution in [0.2, 0.25) is 0 Å². The van der Waals surface area contributed by atoms with Gasteiger partial charge in [-0.25, -0.2) is 4.79 Å². The van der Waals surface area contributed by atoms with Gasteiger partial charge in [0.25, 0.3) is 0 Å². The van der Waals surface area contributed by atoms with E-state index in [0.717, 1.165) is 22.3 Å². The summed E-state index contributed by atoms with van der Waals surface area (Å²) in [6.07, 6.45) is 0. The Labute approximate surface area is 106 Å². The average Bonchev–Trinajstić information content (AvgIpc) is 2.33. The Morgan fingerprint density at radius 2 is 1.83 bits per heavy atom. The first-order valence-corrected chi connectivity index (χ1v) is 5.70. The number of benzene rings is 2. The maximum atomic E-state index is 11.0. The van der Waals surface area contributed by atoms with E-state index >= 15 is 0 Å². The molecule has 0 heterocycles. The molecule has 0 saturated heterocycles. The third kappa shape index (κ3) is 2.07. The fourth-order valence-electron chi connectivity index (χ4n) is 1.97. The summed E-state index contributed by atoms with van der Waals surface area (Å²) in [6, 6.07) is 10.7. The first kappa shape index (κ1) is 12.2. The van der Waals surface area contributed by atoms with Crippen molar-refractivity contribution in [3.05, 3.63) is 53.1 Å². The van der Waals surface area contributed by atoms with Gasteiger partial charge in [0.05, 0.1) is 5.56 Å². The second kappa shape index (κ2) is 4.53. The van der Waals surface area contributed by atoms with Gasteiger partial charge in [0.2, 0.25) is 0 Å². The molecule has 0 bridgehead atoms. The van der Waals surface area contributed by atoms with Crippen LogP contribution < -0.4 is 5.73 Å². The van der Waals surface area contributed by atoms with Crippen molar-refractivity contribution in [2.24, 2.45) is 0 Å². The van der Waals surface area contributed by atoms with Crippen LogP contribution in [-0.2, 0) is 0 Å². The highest BCUT2D eigenvalue weighted by molar-refractivity contribution is 5.92. The molecular weight excluding hydrogens is 226 g/mol. The van der Waals surface area contributed by atoms with Crippen molar-refractivity contribution in [3.63, 3.8) is 0 Å². The number of carboxylic acid groups (broad SMARTS) is 1. The number of hydrogen-bond donors (Lipinski definition) is 2. The zero-order valence-corrected chi connectivity index (χ0v) is 10.4. The quantitative estimate of drug-likeness (QED) is 0.793. The third-order valence-corrected chi connectivity index (χ3v) is 3.20. The zero-order valence-electron chi connectivity index (χ0n) is 10.4. The molecule has 0 aliphatic rings. The molecule has 0 atom stereocenters. The van der Waals surface area contributed by atoms with Gasteiger partial charge in [-0.2, -0.15) is 0 Å². The average molecular weight is 241 g/mol. The summed E-state index contributed by atoms with van der Waals surface area (Å²) < 4.78 is 0. The smallest absolute Gasteiger partial charge is 0.335 e. The third-order valence-electron chi connectivity index (χ3n) is 3.20. The monoisotopic (exact) mass is 241 g/mol. The molecule has 3 nitrogen and oxygen atoms in total. The Kier molecular flexibility index (Phi) is 3.06. The molecule has 0 aromatic heterocycles. The molecule has 2 aromatic carbocycles. The van der Waals surface area contributed by atoms with Crippen LogP contribution in [-0.4, -0.2) is 11.1 Å². The van der Waals surface area contributed by atoms with Crippen LogP contribution in [0.4, 0.5) is 5.69 Å². The lowest BCUT2D eigenvalue weighted by molar-refractivity contribution is 0.0697. The van der Waals surface area contributed by atoms with Gasteiger partial charge in [-0.3, -0.25) is 0 Å². The number of hydrogen-bond acceptors (Lipinski definition) is 2. The van der Waals surface area contributed by atoms with Crippen molar-refractivity contribution in [2.75, 3.05) is 5.73 Å². The van der Waals surface area contributed by atoms with E-state index in [1.54, 1.807) is 12.1 Å². The van der Waals surface area contributed by atoms with E-state index in [4.69, 9.17) is 10.8 Å². The fourth-order valence-corrected chi connectivity index (χ4v) is 1.97. The van der Waals surface area contributed by atoms with Crippen molar-refractivity contribution in [3.8, 4) is 11.1 Å². The predicted octanol–water partition coefficient (Wildman–Crippen LogP) is 3.25. The maximum Gasteiger partial charge on any atom is 0.335 e. The zero-order chi connectivity index (χ0) is 13.3. The van der Waals surface area contributed by atoms with Crippen LogP contribution in [0.15, 0.2) is 36.4 Å². The highest BCUT2D eigenvalue weighted by Gasteiger charge is 2.10. The Morgan fingerprint density at radius 1 is 1.11 bits per heavy atom. The molecule has 92 valence electrons. The Morgan fingerprint density at radius 3 is 2.50 bits per heavy atom. The maximum absolute atomic E-state index is 11.0. The number of carbonyl (C=O) groups is 1. The number of nitrogens with two attached hydrogens (primary N) is 1. The molecule has 0 fully saturated rings. The van der Waals surface area contributed by atoms with Gasteiger partial charge in [-0.1, -0.05) is 18.2 Å². The highest BCUT2D eigenvalue weighted by Crippen LogP contribution is 2.30. The van der Waals surface area contributed by atoms with Crippen LogP contribution in [0.1, 0.15) is 21.5 Å². The molecule has 0 unspecified atom stereocenters.